The molecule has 0 aliphatic carbocycles. The fourth-order valence-corrected chi connectivity index (χ4v) is 2.07. The average Bonchev–Trinajstić information content (AvgIpc) is 2.57. The summed E-state index contributed by atoms with van der Waals surface area (Å²) in [6.45, 7) is 3.83. The maximum Gasteiger partial charge on any atom is 0.248 e. The molecular formula is C19H19F2NO3. The van der Waals surface area contributed by atoms with Crippen LogP contribution in [0, 0.1) is 11.6 Å². The average molecular weight is 347 g/mol. The Morgan fingerprint density at radius 3 is 2.48 bits per heavy atom. The molecule has 0 aliphatic heterocycles. The summed E-state index contributed by atoms with van der Waals surface area (Å²) in [5.41, 5.74) is 0.903. The van der Waals surface area contributed by atoms with Gasteiger partial charge in [-0.05, 0) is 49.8 Å². The Labute approximate surface area is 145 Å². The minimum atomic E-state index is -1.02. The number of carbonyl (C=O) groups is 1. The summed E-state index contributed by atoms with van der Waals surface area (Å²) in [4.78, 5) is 11.9. The van der Waals surface area contributed by atoms with Crippen LogP contribution in [0.5, 0.6) is 11.5 Å². The van der Waals surface area contributed by atoms with Gasteiger partial charge in [0, 0.05) is 17.8 Å². The number of rotatable bonds is 6. The molecule has 0 saturated heterocycles. The van der Waals surface area contributed by atoms with Crippen LogP contribution >= 0.6 is 0 Å². The molecule has 1 amide bonds. The van der Waals surface area contributed by atoms with Crippen molar-refractivity contribution in [3.63, 3.8) is 0 Å². The van der Waals surface area contributed by atoms with Gasteiger partial charge in [-0.3, -0.25) is 4.79 Å². The Balaban J connectivity index is 2.07. The van der Waals surface area contributed by atoms with Crippen LogP contribution in [0.15, 0.2) is 42.5 Å². The monoisotopic (exact) mass is 347 g/mol. The van der Waals surface area contributed by atoms with Crippen molar-refractivity contribution >= 4 is 17.7 Å². The lowest BCUT2D eigenvalue weighted by Gasteiger charge is -2.13. The van der Waals surface area contributed by atoms with Crippen molar-refractivity contribution in [2.45, 2.75) is 20.0 Å². The van der Waals surface area contributed by atoms with Gasteiger partial charge in [-0.1, -0.05) is 6.07 Å². The fraction of sp³-hybridized carbons (Fsp3) is 0.211. The van der Waals surface area contributed by atoms with Crippen LogP contribution in [0.25, 0.3) is 6.08 Å². The van der Waals surface area contributed by atoms with Crippen LogP contribution in [-0.4, -0.2) is 19.1 Å². The van der Waals surface area contributed by atoms with Crippen molar-refractivity contribution in [2.75, 3.05) is 12.4 Å². The van der Waals surface area contributed by atoms with Crippen molar-refractivity contribution in [3.05, 3.63) is 59.7 Å². The number of benzene rings is 2. The summed E-state index contributed by atoms with van der Waals surface area (Å²) >= 11 is 0. The standard InChI is InChI=1S/C19H19F2NO3/c1-12(2)25-17-8-4-13(10-18(17)24-3)5-9-19(23)22-14-6-7-15(20)16(21)11-14/h4-12H,1-3H3,(H,22,23)/b9-5+. The highest BCUT2D eigenvalue weighted by Gasteiger charge is 2.07. The molecule has 1 N–H and O–H groups in total. The van der Waals surface area contributed by atoms with E-state index in [0.717, 1.165) is 17.7 Å². The lowest BCUT2D eigenvalue weighted by molar-refractivity contribution is -0.111. The minimum absolute atomic E-state index is 0.0113. The Morgan fingerprint density at radius 1 is 1.08 bits per heavy atom. The maximum absolute atomic E-state index is 13.1. The van der Waals surface area contributed by atoms with Crippen LogP contribution in [-0.2, 0) is 4.79 Å². The molecule has 0 unspecified atom stereocenters. The summed E-state index contributed by atoms with van der Waals surface area (Å²) < 4.78 is 36.9. The number of amides is 1. The van der Waals surface area contributed by atoms with Gasteiger partial charge >= 0.3 is 0 Å². The quantitative estimate of drug-likeness (QED) is 0.787. The fourth-order valence-electron chi connectivity index (χ4n) is 2.07. The largest absolute Gasteiger partial charge is 0.493 e. The highest BCUT2D eigenvalue weighted by molar-refractivity contribution is 6.01. The van der Waals surface area contributed by atoms with Crippen LogP contribution in [0.1, 0.15) is 19.4 Å². The molecule has 2 aromatic carbocycles. The van der Waals surface area contributed by atoms with Gasteiger partial charge in [-0.15, -0.1) is 0 Å². The van der Waals surface area contributed by atoms with E-state index in [1.807, 2.05) is 13.8 Å². The molecule has 0 aromatic heterocycles. The lowest BCUT2D eigenvalue weighted by atomic mass is 10.2. The van der Waals surface area contributed by atoms with Gasteiger partial charge in [0.1, 0.15) is 0 Å². The number of anilines is 1. The zero-order valence-corrected chi connectivity index (χ0v) is 14.2. The SMILES string of the molecule is COc1cc(/C=C/C(=O)Nc2ccc(F)c(F)c2)ccc1OC(C)C. The molecule has 25 heavy (non-hydrogen) atoms. The van der Waals surface area contributed by atoms with Crippen molar-refractivity contribution in [2.24, 2.45) is 0 Å². The molecule has 2 aromatic rings. The first-order valence-electron chi connectivity index (χ1n) is 7.68. The second-order valence-electron chi connectivity index (χ2n) is 5.53. The molecule has 0 spiro atoms. The van der Waals surface area contributed by atoms with E-state index in [2.05, 4.69) is 5.32 Å². The van der Waals surface area contributed by atoms with Gasteiger partial charge in [0.15, 0.2) is 23.1 Å². The number of hydrogen-bond acceptors (Lipinski definition) is 3. The molecule has 0 heterocycles. The van der Waals surface area contributed by atoms with Gasteiger partial charge in [0.05, 0.1) is 13.2 Å². The molecule has 6 heteroatoms. The third kappa shape index (κ3) is 5.31. The maximum atomic E-state index is 13.1. The second-order valence-corrected chi connectivity index (χ2v) is 5.53. The first-order valence-corrected chi connectivity index (χ1v) is 7.68. The molecule has 0 fully saturated rings. The van der Waals surface area contributed by atoms with Crippen LogP contribution in [0.2, 0.25) is 0 Å². The van der Waals surface area contributed by atoms with E-state index < -0.39 is 17.5 Å². The number of methoxy groups -OCH3 is 1. The van der Waals surface area contributed by atoms with Crippen LogP contribution in [0.3, 0.4) is 0 Å². The summed E-state index contributed by atoms with van der Waals surface area (Å²) in [7, 11) is 1.53. The molecule has 0 bridgehead atoms. The second kappa shape index (κ2) is 8.28. The van der Waals surface area contributed by atoms with Crippen LogP contribution in [0.4, 0.5) is 14.5 Å². The Morgan fingerprint density at radius 2 is 1.84 bits per heavy atom. The van der Waals surface area contributed by atoms with Gasteiger partial charge in [-0.25, -0.2) is 8.78 Å². The molecule has 0 atom stereocenters. The predicted octanol–water partition coefficient (Wildman–Crippen LogP) is 4.41. The van der Waals surface area contributed by atoms with Crippen LogP contribution < -0.4 is 14.8 Å². The topological polar surface area (TPSA) is 47.6 Å². The summed E-state index contributed by atoms with van der Waals surface area (Å²) in [6.07, 6.45) is 2.88. The van der Waals surface area contributed by atoms with E-state index in [-0.39, 0.29) is 11.8 Å². The van der Waals surface area contributed by atoms with Gasteiger partial charge < -0.3 is 14.8 Å². The first kappa shape index (κ1) is 18.4. The number of halogens is 2. The lowest BCUT2D eigenvalue weighted by Crippen LogP contribution is -2.08. The Kier molecular flexibility index (Phi) is 6.11. The zero-order chi connectivity index (χ0) is 18.4. The molecule has 0 saturated carbocycles. The molecule has 0 radical (unpaired) electrons. The highest BCUT2D eigenvalue weighted by atomic mass is 19.2. The van der Waals surface area contributed by atoms with Gasteiger partial charge in [-0.2, -0.15) is 0 Å². The number of hydrogen-bond donors (Lipinski definition) is 1. The van der Waals surface area contributed by atoms with Crippen molar-refractivity contribution < 1.29 is 23.0 Å². The number of ether oxygens (including phenoxy) is 2. The van der Waals surface area contributed by atoms with Gasteiger partial charge in [0.2, 0.25) is 5.91 Å². The Bertz CT molecular complexity index is 788. The van der Waals surface area contributed by atoms with Crippen molar-refractivity contribution in [1.29, 1.82) is 0 Å². The Hall–Kier alpha value is -2.89. The van der Waals surface area contributed by atoms with E-state index in [4.69, 9.17) is 9.47 Å². The van der Waals surface area contributed by atoms with E-state index in [9.17, 15) is 13.6 Å². The van der Waals surface area contributed by atoms with Gasteiger partial charge in [0.25, 0.3) is 0 Å². The summed E-state index contributed by atoms with van der Waals surface area (Å²) in [5.74, 6) is -1.29. The summed E-state index contributed by atoms with van der Waals surface area (Å²) in [5, 5.41) is 2.46. The third-order valence-corrected chi connectivity index (χ3v) is 3.16. The third-order valence-electron chi connectivity index (χ3n) is 3.16. The van der Waals surface area contributed by atoms with E-state index in [0.29, 0.717) is 11.5 Å². The number of nitrogens with one attached hydrogen (secondary N) is 1. The van der Waals surface area contributed by atoms with E-state index in [1.54, 1.807) is 24.3 Å². The minimum Gasteiger partial charge on any atom is -0.493 e. The molecule has 2 rings (SSSR count). The van der Waals surface area contributed by atoms with E-state index in [1.165, 1.54) is 19.3 Å². The van der Waals surface area contributed by atoms with Crippen molar-refractivity contribution in [3.8, 4) is 11.5 Å². The van der Waals surface area contributed by atoms with Crippen molar-refractivity contribution in [1.82, 2.24) is 0 Å². The smallest absolute Gasteiger partial charge is 0.248 e. The normalized spacial score (nSPS) is 11.0. The van der Waals surface area contributed by atoms with E-state index >= 15 is 0 Å². The highest BCUT2D eigenvalue weighted by Crippen LogP contribution is 2.29. The molecule has 0 aliphatic rings. The molecular weight excluding hydrogens is 328 g/mol. The first-order chi connectivity index (χ1) is 11.9. The predicted molar refractivity (Wildman–Crippen MR) is 92.8 cm³/mol. The zero-order valence-electron chi connectivity index (χ0n) is 14.2. The molecule has 132 valence electrons. The molecule has 4 nitrogen and oxygen atoms in total. The summed E-state index contributed by atoms with van der Waals surface area (Å²) in [6, 6.07) is 8.42. The number of carbonyl (C=O) groups excluding carboxylic acids is 1.